The highest BCUT2D eigenvalue weighted by atomic mass is 32.1. The van der Waals surface area contributed by atoms with Crippen LogP contribution in [0.5, 0.6) is 0 Å². The van der Waals surface area contributed by atoms with Crippen LogP contribution < -0.4 is 5.32 Å². The fourth-order valence-corrected chi connectivity index (χ4v) is 2.48. The van der Waals surface area contributed by atoms with Gasteiger partial charge in [-0.05, 0) is 19.3 Å². The third-order valence-corrected chi connectivity index (χ3v) is 4.03. The number of aromatic nitrogens is 1. The van der Waals surface area contributed by atoms with Crippen molar-refractivity contribution in [3.8, 4) is 0 Å². The van der Waals surface area contributed by atoms with Crippen LogP contribution >= 0.6 is 11.3 Å². The molecule has 0 bridgehead atoms. The van der Waals surface area contributed by atoms with Gasteiger partial charge in [0.05, 0.1) is 5.01 Å². The fourth-order valence-electron chi connectivity index (χ4n) is 1.62. The number of thiazole rings is 1. The summed E-state index contributed by atoms with van der Waals surface area (Å²) in [4.78, 5) is 5.81. The lowest BCUT2D eigenvalue weighted by Crippen LogP contribution is -2.36. The summed E-state index contributed by atoms with van der Waals surface area (Å²) in [5.74, 6) is 0. The maximum atomic E-state index is 4.41. The van der Waals surface area contributed by atoms with Gasteiger partial charge in [-0.1, -0.05) is 13.3 Å². The molecule has 1 aliphatic rings. The summed E-state index contributed by atoms with van der Waals surface area (Å²) in [6, 6.07) is 0.806. The van der Waals surface area contributed by atoms with E-state index in [2.05, 4.69) is 17.2 Å². The lowest BCUT2D eigenvalue weighted by atomic mass is 9.93. The normalized spacial score (nSPS) is 16.9. The number of nitrogens with one attached hydrogen (secondary N) is 1. The zero-order valence-corrected chi connectivity index (χ0v) is 9.57. The molecule has 0 spiro atoms. The van der Waals surface area contributed by atoms with Gasteiger partial charge >= 0.3 is 0 Å². The predicted molar refractivity (Wildman–Crippen MR) is 60.8 cm³/mol. The van der Waals surface area contributed by atoms with Crippen LogP contribution in [0.25, 0.3) is 0 Å². The van der Waals surface area contributed by atoms with Gasteiger partial charge in [0.1, 0.15) is 0 Å². The van der Waals surface area contributed by atoms with E-state index < -0.39 is 0 Å². The van der Waals surface area contributed by atoms with Crippen molar-refractivity contribution >= 4 is 11.3 Å². The van der Waals surface area contributed by atoms with E-state index in [1.807, 2.05) is 17.5 Å². The van der Waals surface area contributed by atoms with Crippen molar-refractivity contribution in [1.82, 2.24) is 10.3 Å². The van der Waals surface area contributed by atoms with Crippen molar-refractivity contribution in [3.63, 3.8) is 0 Å². The Balaban J connectivity index is 1.68. The van der Waals surface area contributed by atoms with Crippen LogP contribution in [0.1, 0.15) is 36.1 Å². The van der Waals surface area contributed by atoms with Crippen molar-refractivity contribution in [2.75, 3.05) is 6.54 Å². The maximum absolute atomic E-state index is 4.41. The Kier molecular flexibility index (Phi) is 3.54. The van der Waals surface area contributed by atoms with E-state index in [0.29, 0.717) is 0 Å². The second-order valence-electron chi connectivity index (χ2n) is 3.91. The summed E-state index contributed by atoms with van der Waals surface area (Å²) in [5.41, 5.74) is 0. The van der Waals surface area contributed by atoms with Gasteiger partial charge in [0, 0.05) is 30.1 Å². The smallest absolute Gasteiger partial charge is 0.0940 e. The van der Waals surface area contributed by atoms with Crippen molar-refractivity contribution in [1.29, 1.82) is 0 Å². The van der Waals surface area contributed by atoms with Crippen LogP contribution in [0.2, 0.25) is 0 Å². The first-order valence-electron chi connectivity index (χ1n) is 5.55. The average molecular weight is 210 g/mol. The molecule has 78 valence electrons. The Morgan fingerprint density at radius 1 is 1.57 bits per heavy atom. The van der Waals surface area contributed by atoms with E-state index in [-0.39, 0.29) is 0 Å². The summed E-state index contributed by atoms with van der Waals surface area (Å²) in [6.45, 7) is 3.28. The molecule has 1 aliphatic carbocycles. The molecule has 2 rings (SSSR count). The Labute approximate surface area is 89.8 Å². The van der Waals surface area contributed by atoms with Crippen LogP contribution in [0, 0.1) is 0 Å². The Hall–Kier alpha value is -0.410. The van der Waals surface area contributed by atoms with Gasteiger partial charge in [-0.3, -0.25) is 0 Å². The number of aryl methyl sites for hydroxylation is 1. The second kappa shape index (κ2) is 4.89. The molecular weight excluding hydrogens is 192 g/mol. The summed E-state index contributed by atoms with van der Waals surface area (Å²) >= 11 is 1.86. The van der Waals surface area contributed by atoms with E-state index in [9.17, 15) is 0 Å². The van der Waals surface area contributed by atoms with Crippen LogP contribution in [-0.2, 0) is 12.8 Å². The third-order valence-electron chi connectivity index (χ3n) is 2.83. The highest BCUT2D eigenvalue weighted by molar-refractivity contribution is 7.11. The monoisotopic (exact) mass is 210 g/mol. The molecular formula is C11H18N2S. The molecule has 1 N–H and O–H groups in total. The van der Waals surface area contributed by atoms with Gasteiger partial charge < -0.3 is 5.32 Å². The molecule has 0 saturated heterocycles. The SMILES string of the molecule is CCc1cnc(CCNC2CCC2)s1. The van der Waals surface area contributed by atoms with Crippen LogP contribution in [0.3, 0.4) is 0 Å². The van der Waals surface area contributed by atoms with Gasteiger partial charge in [0.2, 0.25) is 0 Å². The van der Waals surface area contributed by atoms with Crippen molar-refractivity contribution in [2.45, 2.75) is 45.1 Å². The minimum atomic E-state index is 0.806. The quantitative estimate of drug-likeness (QED) is 0.807. The lowest BCUT2D eigenvalue weighted by molar-refractivity contribution is 0.342. The lowest BCUT2D eigenvalue weighted by Gasteiger charge is -2.26. The molecule has 1 heterocycles. The standard InChI is InChI=1S/C11H18N2S/c1-2-10-8-13-11(14-10)6-7-12-9-4-3-5-9/h8-9,12H,2-7H2,1H3. The number of hydrogen-bond acceptors (Lipinski definition) is 3. The van der Waals surface area contributed by atoms with Gasteiger partial charge in [0.25, 0.3) is 0 Å². The van der Waals surface area contributed by atoms with Gasteiger partial charge in [-0.15, -0.1) is 11.3 Å². The van der Waals surface area contributed by atoms with Crippen LogP contribution in [0.4, 0.5) is 0 Å². The molecule has 14 heavy (non-hydrogen) atoms. The van der Waals surface area contributed by atoms with Crippen molar-refractivity contribution in [2.24, 2.45) is 0 Å². The topological polar surface area (TPSA) is 24.9 Å². The highest BCUT2D eigenvalue weighted by Gasteiger charge is 2.15. The molecule has 0 aliphatic heterocycles. The molecule has 1 aromatic heterocycles. The minimum absolute atomic E-state index is 0.806. The maximum Gasteiger partial charge on any atom is 0.0940 e. The minimum Gasteiger partial charge on any atom is -0.314 e. The van der Waals surface area contributed by atoms with E-state index >= 15 is 0 Å². The molecule has 2 nitrogen and oxygen atoms in total. The molecule has 0 atom stereocenters. The molecule has 1 saturated carbocycles. The molecule has 1 fully saturated rings. The molecule has 0 unspecified atom stereocenters. The van der Waals surface area contributed by atoms with Crippen molar-refractivity contribution in [3.05, 3.63) is 16.1 Å². The first-order chi connectivity index (χ1) is 6.88. The fraction of sp³-hybridized carbons (Fsp3) is 0.727. The Morgan fingerprint density at radius 2 is 2.43 bits per heavy atom. The zero-order valence-electron chi connectivity index (χ0n) is 8.75. The van der Waals surface area contributed by atoms with E-state index in [0.717, 1.165) is 25.4 Å². The van der Waals surface area contributed by atoms with Gasteiger partial charge in [-0.25, -0.2) is 4.98 Å². The summed E-state index contributed by atoms with van der Waals surface area (Å²) in [6.07, 6.45) is 8.39. The molecule has 0 radical (unpaired) electrons. The highest BCUT2D eigenvalue weighted by Crippen LogP contribution is 2.18. The first kappa shape index (κ1) is 10.1. The molecule has 3 heteroatoms. The summed E-state index contributed by atoms with van der Waals surface area (Å²) < 4.78 is 0. The van der Waals surface area contributed by atoms with Crippen molar-refractivity contribution < 1.29 is 0 Å². The first-order valence-corrected chi connectivity index (χ1v) is 6.37. The molecule has 1 aromatic rings. The number of nitrogens with zero attached hydrogens (tertiary/aromatic N) is 1. The Bertz CT molecular complexity index is 279. The number of hydrogen-bond donors (Lipinski definition) is 1. The second-order valence-corrected chi connectivity index (χ2v) is 5.11. The van der Waals surface area contributed by atoms with E-state index in [4.69, 9.17) is 0 Å². The Morgan fingerprint density at radius 3 is 3.00 bits per heavy atom. The summed E-state index contributed by atoms with van der Waals surface area (Å²) in [7, 11) is 0. The van der Waals surface area contributed by atoms with Crippen LogP contribution in [0.15, 0.2) is 6.20 Å². The third kappa shape index (κ3) is 2.55. The van der Waals surface area contributed by atoms with E-state index in [1.165, 1.54) is 29.1 Å². The molecule has 0 amide bonds. The summed E-state index contributed by atoms with van der Waals surface area (Å²) in [5, 5.41) is 4.85. The average Bonchev–Trinajstić information content (AvgIpc) is 2.57. The van der Waals surface area contributed by atoms with E-state index in [1.54, 1.807) is 0 Å². The van der Waals surface area contributed by atoms with Gasteiger partial charge in [0.15, 0.2) is 0 Å². The zero-order chi connectivity index (χ0) is 9.80. The number of rotatable bonds is 5. The van der Waals surface area contributed by atoms with Crippen LogP contribution in [-0.4, -0.2) is 17.6 Å². The predicted octanol–water partition coefficient (Wildman–Crippen LogP) is 2.39. The van der Waals surface area contributed by atoms with Gasteiger partial charge in [-0.2, -0.15) is 0 Å². The molecule has 0 aromatic carbocycles. The largest absolute Gasteiger partial charge is 0.314 e.